The van der Waals surface area contributed by atoms with E-state index in [1.807, 2.05) is 62.4 Å². The van der Waals surface area contributed by atoms with Crippen molar-refractivity contribution < 1.29 is 14.3 Å². The third-order valence-electron chi connectivity index (χ3n) is 5.31. The zero-order valence-electron chi connectivity index (χ0n) is 18.2. The molecule has 0 atom stereocenters. The second-order valence-electron chi connectivity index (χ2n) is 7.84. The molecule has 0 aliphatic carbocycles. The van der Waals surface area contributed by atoms with E-state index < -0.39 is 0 Å². The number of aromatic amines is 1. The number of hydrogen-bond acceptors (Lipinski definition) is 6. The normalized spacial score (nSPS) is 12.3. The van der Waals surface area contributed by atoms with E-state index in [1.165, 1.54) is 11.8 Å². The quantitative estimate of drug-likeness (QED) is 0.336. The molecule has 2 aromatic heterocycles. The zero-order valence-corrected chi connectivity index (χ0v) is 19.0. The van der Waals surface area contributed by atoms with Crippen molar-refractivity contribution in [2.24, 2.45) is 0 Å². The Labute approximate surface area is 193 Å². The van der Waals surface area contributed by atoms with E-state index in [0.29, 0.717) is 39.9 Å². The molecule has 1 aliphatic rings. The largest absolute Gasteiger partial charge is 0.454 e. The minimum atomic E-state index is -0.194. The lowest BCUT2D eigenvalue weighted by Gasteiger charge is -2.12. The number of hydrogen-bond donors (Lipinski definition) is 2. The molecule has 0 bridgehead atoms. The van der Waals surface area contributed by atoms with Crippen LogP contribution in [0.15, 0.2) is 58.5 Å². The summed E-state index contributed by atoms with van der Waals surface area (Å²) in [5.74, 6) is 1.35. The molecule has 168 valence electrons. The average molecular weight is 463 g/mol. The molecule has 5 rings (SSSR count). The summed E-state index contributed by atoms with van der Waals surface area (Å²) in [6.07, 6.45) is 0. The number of aromatic nitrogens is 3. The average Bonchev–Trinajstić information content (AvgIpc) is 3.42. The number of amides is 1. The summed E-state index contributed by atoms with van der Waals surface area (Å²) in [7, 11) is 0. The molecule has 1 aliphatic heterocycles. The Morgan fingerprint density at radius 3 is 2.73 bits per heavy atom. The predicted octanol–water partition coefficient (Wildman–Crippen LogP) is 3.47. The summed E-state index contributed by atoms with van der Waals surface area (Å²) >= 11 is 1.23. The fraction of sp³-hybridized carbons (Fsp3) is 0.208. The minimum Gasteiger partial charge on any atom is -0.454 e. The number of ether oxygens (including phenoxy) is 2. The fourth-order valence-corrected chi connectivity index (χ4v) is 4.47. The molecule has 2 N–H and O–H groups in total. The highest BCUT2D eigenvalue weighted by atomic mass is 32.2. The monoisotopic (exact) mass is 462 g/mol. The molecule has 0 unspecified atom stereocenters. The summed E-state index contributed by atoms with van der Waals surface area (Å²) in [6.45, 7) is 4.45. The van der Waals surface area contributed by atoms with Gasteiger partial charge in [-0.3, -0.25) is 14.2 Å². The minimum absolute atomic E-state index is 0.123. The number of rotatable bonds is 6. The van der Waals surface area contributed by atoms with Crippen LogP contribution in [0.4, 0.5) is 0 Å². The molecule has 2 aromatic carbocycles. The third kappa shape index (κ3) is 4.31. The van der Waals surface area contributed by atoms with Crippen molar-refractivity contribution in [3.63, 3.8) is 0 Å². The number of carbonyl (C=O) groups excluding carboxylic acids is 1. The molecule has 1 amide bonds. The van der Waals surface area contributed by atoms with Crippen molar-refractivity contribution >= 4 is 28.7 Å². The van der Waals surface area contributed by atoms with Crippen LogP contribution in [0.3, 0.4) is 0 Å². The molecule has 33 heavy (non-hydrogen) atoms. The summed E-state index contributed by atoms with van der Waals surface area (Å²) in [5.41, 5.74) is 4.41. The molecule has 0 fully saturated rings. The standard InChI is InChI=1S/C24H22N4O4S/c1-14-3-6-17(7-4-14)28-23(30)22-18(9-15(2)26-22)27-24(28)33-12-21(29)25-11-16-5-8-19-20(10-16)32-13-31-19/h3-10,26H,11-13H2,1-2H3,(H,25,29). The molecular weight excluding hydrogens is 440 g/mol. The van der Waals surface area contributed by atoms with Crippen molar-refractivity contribution in [1.29, 1.82) is 0 Å². The van der Waals surface area contributed by atoms with Gasteiger partial charge in [0.15, 0.2) is 16.7 Å². The Morgan fingerprint density at radius 2 is 1.91 bits per heavy atom. The first kappa shape index (κ1) is 21.1. The fourth-order valence-electron chi connectivity index (χ4n) is 3.63. The maximum Gasteiger partial charge on any atom is 0.283 e. The Morgan fingerprint density at radius 1 is 1.12 bits per heavy atom. The van der Waals surface area contributed by atoms with Crippen LogP contribution in [0.25, 0.3) is 16.7 Å². The summed E-state index contributed by atoms with van der Waals surface area (Å²) in [6, 6.07) is 15.1. The highest BCUT2D eigenvalue weighted by molar-refractivity contribution is 7.99. The number of thioether (sulfide) groups is 1. The smallest absolute Gasteiger partial charge is 0.283 e. The van der Waals surface area contributed by atoms with Gasteiger partial charge in [-0.05, 0) is 49.7 Å². The van der Waals surface area contributed by atoms with E-state index in [4.69, 9.17) is 9.47 Å². The van der Waals surface area contributed by atoms with Crippen molar-refractivity contribution in [3.05, 3.63) is 75.7 Å². The van der Waals surface area contributed by atoms with Gasteiger partial charge in [-0.1, -0.05) is 35.5 Å². The van der Waals surface area contributed by atoms with E-state index in [-0.39, 0.29) is 24.0 Å². The van der Waals surface area contributed by atoms with E-state index in [1.54, 1.807) is 4.57 Å². The summed E-state index contributed by atoms with van der Waals surface area (Å²) in [5, 5.41) is 3.37. The maximum atomic E-state index is 13.3. The second kappa shape index (κ2) is 8.67. The lowest BCUT2D eigenvalue weighted by Crippen LogP contribution is -2.26. The van der Waals surface area contributed by atoms with Crippen molar-refractivity contribution in [3.8, 4) is 17.2 Å². The Kier molecular flexibility index (Phi) is 5.55. The maximum absolute atomic E-state index is 13.3. The van der Waals surface area contributed by atoms with Gasteiger partial charge < -0.3 is 19.8 Å². The zero-order chi connectivity index (χ0) is 22.9. The Hall–Kier alpha value is -3.72. The highest BCUT2D eigenvalue weighted by Gasteiger charge is 2.17. The molecule has 0 saturated carbocycles. The number of H-pyrrole nitrogens is 1. The van der Waals surface area contributed by atoms with Gasteiger partial charge in [0.2, 0.25) is 12.7 Å². The number of fused-ring (bicyclic) bond motifs is 2. The molecule has 4 aromatic rings. The lowest BCUT2D eigenvalue weighted by atomic mass is 10.2. The number of nitrogens with zero attached hydrogens (tertiary/aromatic N) is 2. The first-order valence-electron chi connectivity index (χ1n) is 10.5. The topological polar surface area (TPSA) is 98.2 Å². The number of nitrogens with one attached hydrogen (secondary N) is 2. The van der Waals surface area contributed by atoms with Crippen LogP contribution >= 0.6 is 11.8 Å². The molecular formula is C24H22N4O4S. The van der Waals surface area contributed by atoms with Gasteiger partial charge in [0.25, 0.3) is 5.56 Å². The first-order valence-corrected chi connectivity index (χ1v) is 11.4. The molecule has 9 heteroatoms. The van der Waals surface area contributed by atoms with E-state index in [2.05, 4.69) is 15.3 Å². The van der Waals surface area contributed by atoms with Gasteiger partial charge in [0.1, 0.15) is 5.52 Å². The SMILES string of the molecule is Cc1ccc(-n2c(SCC(=O)NCc3ccc4c(c3)OCO4)nc3cc(C)[nH]c3c2=O)cc1. The molecule has 3 heterocycles. The summed E-state index contributed by atoms with van der Waals surface area (Å²) < 4.78 is 12.2. The number of benzene rings is 2. The lowest BCUT2D eigenvalue weighted by molar-refractivity contribution is -0.118. The first-order chi connectivity index (χ1) is 16.0. The van der Waals surface area contributed by atoms with Crippen molar-refractivity contribution in [1.82, 2.24) is 19.9 Å². The van der Waals surface area contributed by atoms with Crippen LogP contribution < -0.4 is 20.3 Å². The van der Waals surface area contributed by atoms with E-state index in [0.717, 1.165) is 16.8 Å². The molecule has 0 spiro atoms. The van der Waals surface area contributed by atoms with Crippen molar-refractivity contribution in [2.45, 2.75) is 25.5 Å². The van der Waals surface area contributed by atoms with Gasteiger partial charge in [-0.25, -0.2) is 4.98 Å². The van der Waals surface area contributed by atoms with Crippen LogP contribution in [-0.4, -0.2) is 33.0 Å². The number of aryl methyl sites for hydroxylation is 2. The van der Waals surface area contributed by atoms with E-state index >= 15 is 0 Å². The van der Waals surface area contributed by atoms with Gasteiger partial charge in [0, 0.05) is 12.2 Å². The van der Waals surface area contributed by atoms with E-state index in [9.17, 15) is 9.59 Å². The molecule has 0 radical (unpaired) electrons. The van der Waals surface area contributed by atoms with Crippen molar-refractivity contribution in [2.75, 3.05) is 12.5 Å². The van der Waals surface area contributed by atoms with Crippen LogP contribution in [0, 0.1) is 13.8 Å². The van der Waals surface area contributed by atoms with Gasteiger partial charge in [-0.2, -0.15) is 0 Å². The number of carbonyl (C=O) groups is 1. The van der Waals surface area contributed by atoms with Crippen LogP contribution in [-0.2, 0) is 11.3 Å². The van der Waals surface area contributed by atoms with Crippen LogP contribution in [0.5, 0.6) is 11.5 Å². The second-order valence-corrected chi connectivity index (χ2v) is 8.78. The molecule has 8 nitrogen and oxygen atoms in total. The Balaban J connectivity index is 1.35. The van der Waals surface area contributed by atoms with Gasteiger partial charge >= 0.3 is 0 Å². The predicted molar refractivity (Wildman–Crippen MR) is 126 cm³/mol. The third-order valence-corrected chi connectivity index (χ3v) is 6.25. The van der Waals surface area contributed by atoms with Gasteiger partial charge in [0.05, 0.1) is 17.0 Å². The van der Waals surface area contributed by atoms with Crippen LogP contribution in [0.1, 0.15) is 16.8 Å². The van der Waals surface area contributed by atoms with Crippen LogP contribution in [0.2, 0.25) is 0 Å². The van der Waals surface area contributed by atoms with Gasteiger partial charge in [-0.15, -0.1) is 0 Å². The Bertz CT molecular complexity index is 1410. The molecule has 0 saturated heterocycles. The summed E-state index contributed by atoms with van der Waals surface area (Å²) in [4.78, 5) is 33.6. The highest BCUT2D eigenvalue weighted by Crippen LogP contribution is 2.32.